The van der Waals surface area contributed by atoms with Gasteiger partial charge in [-0.25, -0.2) is 8.42 Å². The molecule has 0 radical (unpaired) electrons. The molecule has 0 aromatic carbocycles. The Labute approximate surface area is 183 Å². The van der Waals surface area contributed by atoms with Gasteiger partial charge in [0.25, 0.3) is 0 Å². The number of hydrogen-bond acceptors (Lipinski definition) is 3. The van der Waals surface area contributed by atoms with Crippen LogP contribution in [0, 0.1) is 5.92 Å². The van der Waals surface area contributed by atoms with Gasteiger partial charge in [-0.2, -0.15) is 17.5 Å². The van der Waals surface area contributed by atoms with E-state index in [4.69, 9.17) is 0 Å². The number of hydrogen-bond donors (Lipinski definition) is 2. The Hall–Kier alpha value is -0.300. The van der Waals surface area contributed by atoms with Crippen LogP contribution in [-0.2, 0) is 10.0 Å². The van der Waals surface area contributed by atoms with Crippen molar-refractivity contribution in [1.29, 1.82) is 0 Å². The number of halogens is 4. The molecule has 28 heavy (non-hydrogen) atoms. The summed E-state index contributed by atoms with van der Waals surface area (Å²) in [6.45, 7) is 0.522. The molecular weight excluding hydrogens is 508 g/mol. The molecule has 0 bridgehead atoms. The highest BCUT2D eigenvalue weighted by molar-refractivity contribution is 14.0. The molecule has 1 aliphatic carbocycles. The highest BCUT2D eigenvalue weighted by atomic mass is 127. The summed E-state index contributed by atoms with van der Waals surface area (Å²) in [7, 11) is -3.57. The second-order valence-corrected chi connectivity index (χ2v) is 9.34. The van der Waals surface area contributed by atoms with E-state index in [1.54, 1.807) is 7.05 Å². The molecule has 1 saturated heterocycles. The normalized spacial score (nSPS) is 21.2. The zero-order valence-corrected chi connectivity index (χ0v) is 19.4. The topological polar surface area (TPSA) is 73.8 Å². The summed E-state index contributed by atoms with van der Waals surface area (Å²) >= 11 is 0. The van der Waals surface area contributed by atoms with E-state index in [9.17, 15) is 21.6 Å². The molecular formula is C17H32F3IN4O2S. The molecule has 1 heterocycles. The standard InChI is InChI=1S/C17H31F3N4O2S.HI/c1-21-16(22-11-5-8-14-6-3-2-4-7-14)23-15-9-12-24(13-10-15)27(25,26)17(18,19)20;/h14-15H,2-13H2,1H3,(H2,21,22,23);1H. The third-order valence-electron chi connectivity index (χ3n) is 5.46. The Morgan fingerprint density at radius 2 is 1.71 bits per heavy atom. The summed E-state index contributed by atoms with van der Waals surface area (Å²) in [5, 5.41) is 6.44. The van der Waals surface area contributed by atoms with Crippen molar-refractivity contribution < 1.29 is 21.6 Å². The van der Waals surface area contributed by atoms with Crippen LogP contribution in [0.4, 0.5) is 13.2 Å². The Balaban J connectivity index is 0.00000392. The lowest BCUT2D eigenvalue weighted by atomic mass is 9.86. The Kier molecular flexibility index (Phi) is 10.8. The van der Waals surface area contributed by atoms with Gasteiger partial charge >= 0.3 is 15.5 Å². The summed E-state index contributed by atoms with van der Waals surface area (Å²) < 4.78 is 61.2. The van der Waals surface area contributed by atoms with Gasteiger partial charge in [0.1, 0.15) is 0 Å². The van der Waals surface area contributed by atoms with E-state index in [1.165, 1.54) is 38.5 Å². The largest absolute Gasteiger partial charge is 0.511 e. The Morgan fingerprint density at radius 3 is 2.25 bits per heavy atom. The molecule has 2 fully saturated rings. The van der Waals surface area contributed by atoms with Crippen molar-refractivity contribution in [2.75, 3.05) is 26.7 Å². The average Bonchev–Trinajstić information content (AvgIpc) is 2.64. The minimum Gasteiger partial charge on any atom is -0.356 e. The minimum atomic E-state index is -5.23. The van der Waals surface area contributed by atoms with E-state index in [0.717, 1.165) is 18.9 Å². The summed E-state index contributed by atoms with van der Waals surface area (Å²) in [4.78, 5) is 4.16. The number of rotatable bonds is 6. The zero-order valence-electron chi connectivity index (χ0n) is 16.3. The Bertz CT molecular complexity index is 588. The lowest BCUT2D eigenvalue weighted by Crippen LogP contribution is -2.51. The minimum absolute atomic E-state index is 0. The predicted molar refractivity (Wildman–Crippen MR) is 115 cm³/mol. The van der Waals surface area contributed by atoms with Gasteiger partial charge in [0.2, 0.25) is 0 Å². The maximum absolute atomic E-state index is 12.6. The summed E-state index contributed by atoms with van der Waals surface area (Å²) in [6.07, 6.45) is 9.59. The first-order valence-corrected chi connectivity index (χ1v) is 11.2. The molecule has 2 N–H and O–H groups in total. The molecule has 6 nitrogen and oxygen atoms in total. The second-order valence-electron chi connectivity index (χ2n) is 7.41. The fourth-order valence-electron chi connectivity index (χ4n) is 3.85. The number of nitrogens with zero attached hydrogens (tertiary/aromatic N) is 2. The van der Waals surface area contributed by atoms with E-state index in [1.807, 2.05) is 0 Å². The number of nitrogens with one attached hydrogen (secondary N) is 2. The number of guanidine groups is 1. The van der Waals surface area contributed by atoms with Crippen LogP contribution in [0.2, 0.25) is 0 Å². The van der Waals surface area contributed by atoms with Crippen molar-refractivity contribution in [2.45, 2.75) is 69.3 Å². The van der Waals surface area contributed by atoms with Crippen LogP contribution >= 0.6 is 24.0 Å². The number of alkyl halides is 3. The molecule has 0 aromatic rings. The van der Waals surface area contributed by atoms with E-state index in [2.05, 4.69) is 15.6 Å². The van der Waals surface area contributed by atoms with Gasteiger partial charge in [-0.1, -0.05) is 32.1 Å². The van der Waals surface area contributed by atoms with E-state index in [0.29, 0.717) is 23.1 Å². The maximum atomic E-state index is 12.6. The molecule has 0 aromatic heterocycles. The third-order valence-corrected chi connectivity index (χ3v) is 7.09. The van der Waals surface area contributed by atoms with Gasteiger partial charge in [0.15, 0.2) is 5.96 Å². The van der Waals surface area contributed by atoms with Crippen molar-refractivity contribution in [2.24, 2.45) is 10.9 Å². The van der Waals surface area contributed by atoms with Crippen molar-refractivity contribution in [3.8, 4) is 0 Å². The average molecular weight is 540 g/mol. The monoisotopic (exact) mass is 540 g/mol. The Morgan fingerprint density at radius 1 is 1.11 bits per heavy atom. The van der Waals surface area contributed by atoms with Crippen LogP contribution in [0.5, 0.6) is 0 Å². The first-order chi connectivity index (χ1) is 12.7. The van der Waals surface area contributed by atoms with Gasteiger partial charge in [0, 0.05) is 32.7 Å². The molecule has 0 spiro atoms. The van der Waals surface area contributed by atoms with Crippen LogP contribution in [0.25, 0.3) is 0 Å². The van der Waals surface area contributed by atoms with Gasteiger partial charge < -0.3 is 10.6 Å². The maximum Gasteiger partial charge on any atom is 0.511 e. The molecule has 0 amide bonds. The fourth-order valence-corrected chi connectivity index (χ4v) is 4.83. The molecule has 2 aliphatic rings. The van der Waals surface area contributed by atoms with Crippen LogP contribution in [0.1, 0.15) is 57.8 Å². The van der Waals surface area contributed by atoms with Crippen molar-refractivity contribution >= 4 is 40.0 Å². The molecule has 1 aliphatic heterocycles. The van der Waals surface area contributed by atoms with Crippen molar-refractivity contribution in [1.82, 2.24) is 14.9 Å². The first-order valence-electron chi connectivity index (χ1n) is 9.77. The molecule has 166 valence electrons. The lowest BCUT2D eigenvalue weighted by molar-refractivity contribution is -0.0494. The van der Waals surface area contributed by atoms with Gasteiger partial charge in [-0.15, -0.1) is 24.0 Å². The van der Waals surface area contributed by atoms with E-state index < -0.39 is 15.5 Å². The van der Waals surface area contributed by atoms with Gasteiger partial charge in [-0.3, -0.25) is 4.99 Å². The number of piperidine rings is 1. The van der Waals surface area contributed by atoms with Gasteiger partial charge in [-0.05, 0) is 31.6 Å². The first kappa shape index (κ1) is 25.7. The predicted octanol–water partition coefficient (Wildman–Crippen LogP) is 3.44. The molecule has 1 saturated carbocycles. The second kappa shape index (κ2) is 11.8. The van der Waals surface area contributed by atoms with Crippen LogP contribution in [0.15, 0.2) is 4.99 Å². The third kappa shape index (κ3) is 7.51. The van der Waals surface area contributed by atoms with Crippen LogP contribution < -0.4 is 10.6 Å². The molecule has 11 heteroatoms. The van der Waals surface area contributed by atoms with Crippen molar-refractivity contribution in [3.05, 3.63) is 0 Å². The zero-order chi connectivity index (χ0) is 19.9. The fraction of sp³-hybridized carbons (Fsp3) is 0.941. The highest BCUT2D eigenvalue weighted by Crippen LogP contribution is 2.29. The molecule has 0 unspecified atom stereocenters. The van der Waals surface area contributed by atoms with Crippen LogP contribution in [-0.4, -0.2) is 56.9 Å². The molecule has 2 rings (SSSR count). The number of aliphatic imine (C=N–C) groups is 1. The summed E-state index contributed by atoms with van der Waals surface area (Å²) in [5.74, 6) is 1.45. The SMILES string of the molecule is CN=C(NCCCC1CCCCC1)NC1CCN(S(=O)(=O)C(F)(F)F)CC1.I. The smallest absolute Gasteiger partial charge is 0.356 e. The highest BCUT2D eigenvalue weighted by Gasteiger charge is 2.50. The number of sulfonamides is 1. The van der Waals surface area contributed by atoms with Crippen molar-refractivity contribution in [3.63, 3.8) is 0 Å². The van der Waals surface area contributed by atoms with E-state index in [-0.39, 0.29) is 43.1 Å². The quantitative estimate of drug-likeness (QED) is 0.234. The summed E-state index contributed by atoms with van der Waals surface area (Å²) in [6, 6.07) is -0.0887. The van der Waals surface area contributed by atoms with E-state index >= 15 is 0 Å². The lowest BCUT2D eigenvalue weighted by Gasteiger charge is -2.32. The van der Waals surface area contributed by atoms with Gasteiger partial charge in [0.05, 0.1) is 0 Å². The summed E-state index contributed by atoms with van der Waals surface area (Å²) in [5.41, 5.74) is -5.23. The van der Waals surface area contributed by atoms with Crippen LogP contribution in [0.3, 0.4) is 0 Å². The molecule has 0 atom stereocenters.